The van der Waals surface area contributed by atoms with Gasteiger partial charge in [0.15, 0.2) is 5.65 Å². The Hall–Kier alpha value is -1.62. The van der Waals surface area contributed by atoms with Crippen molar-refractivity contribution < 1.29 is 4.74 Å². The molecule has 1 atom stereocenters. The maximum atomic E-state index is 5.22. The van der Waals surface area contributed by atoms with Gasteiger partial charge in [0.05, 0.1) is 7.11 Å². The van der Waals surface area contributed by atoms with Gasteiger partial charge in [-0.25, -0.2) is 0 Å². The molecule has 0 radical (unpaired) electrons. The highest BCUT2D eigenvalue weighted by Gasteiger charge is 2.28. The van der Waals surface area contributed by atoms with E-state index in [4.69, 9.17) is 4.74 Å². The fourth-order valence-electron chi connectivity index (χ4n) is 2.76. The minimum atomic E-state index is 0.478. The van der Waals surface area contributed by atoms with E-state index in [9.17, 15) is 0 Å². The fraction of sp³-hybridized carbons (Fsp3) is 0.571. The number of likely N-dealkylation sites (tertiary alicyclic amines) is 1. The SMILES string of the molecule is COc1ccn2c(C3CCN(C(C)C)C3)nnc2c1. The van der Waals surface area contributed by atoms with Crippen LogP contribution in [-0.4, -0.2) is 45.7 Å². The zero-order valence-electron chi connectivity index (χ0n) is 11.7. The third-order valence-corrected chi connectivity index (χ3v) is 3.96. The third-order valence-electron chi connectivity index (χ3n) is 3.96. The van der Waals surface area contributed by atoms with Crippen LogP contribution in [0.2, 0.25) is 0 Å². The Balaban J connectivity index is 1.90. The molecule has 2 aromatic rings. The molecule has 3 rings (SSSR count). The molecule has 2 aromatic heterocycles. The minimum absolute atomic E-state index is 0.478. The Morgan fingerprint density at radius 2 is 2.21 bits per heavy atom. The molecule has 5 heteroatoms. The molecule has 1 unspecified atom stereocenters. The van der Waals surface area contributed by atoms with Crippen molar-refractivity contribution in [2.75, 3.05) is 20.2 Å². The van der Waals surface area contributed by atoms with Crippen molar-refractivity contribution in [3.05, 3.63) is 24.2 Å². The molecule has 0 spiro atoms. The summed E-state index contributed by atoms with van der Waals surface area (Å²) in [4.78, 5) is 2.50. The first-order valence-corrected chi connectivity index (χ1v) is 6.81. The number of methoxy groups -OCH3 is 1. The molecule has 1 saturated heterocycles. The molecular weight excluding hydrogens is 240 g/mol. The maximum absolute atomic E-state index is 5.22. The van der Waals surface area contributed by atoms with Crippen molar-refractivity contribution in [2.45, 2.75) is 32.2 Å². The molecule has 1 aliphatic heterocycles. The first-order valence-electron chi connectivity index (χ1n) is 6.81. The van der Waals surface area contributed by atoms with Crippen LogP contribution in [0.5, 0.6) is 5.75 Å². The van der Waals surface area contributed by atoms with Crippen LogP contribution in [0, 0.1) is 0 Å². The Bertz CT molecular complexity index is 578. The van der Waals surface area contributed by atoms with E-state index in [1.807, 2.05) is 18.3 Å². The summed E-state index contributed by atoms with van der Waals surface area (Å²) in [5, 5.41) is 8.63. The van der Waals surface area contributed by atoms with Crippen molar-refractivity contribution in [3.63, 3.8) is 0 Å². The highest BCUT2D eigenvalue weighted by molar-refractivity contribution is 5.44. The molecule has 0 bridgehead atoms. The number of ether oxygens (including phenoxy) is 1. The van der Waals surface area contributed by atoms with Crippen molar-refractivity contribution in [3.8, 4) is 5.75 Å². The fourth-order valence-corrected chi connectivity index (χ4v) is 2.76. The summed E-state index contributed by atoms with van der Waals surface area (Å²) in [5.74, 6) is 2.37. The number of nitrogens with zero attached hydrogens (tertiary/aromatic N) is 4. The lowest BCUT2D eigenvalue weighted by Gasteiger charge is -2.19. The van der Waals surface area contributed by atoms with E-state index in [0.717, 1.165) is 36.7 Å². The van der Waals surface area contributed by atoms with Crippen LogP contribution in [0.15, 0.2) is 18.3 Å². The predicted octanol–water partition coefficient (Wildman–Crippen LogP) is 1.94. The number of pyridine rings is 1. The largest absolute Gasteiger partial charge is 0.497 e. The first kappa shape index (κ1) is 12.4. The van der Waals surface area contributed by atoms with E-state index in [0.29, 0.717) is 12.0 Å². The molecule has 0 N–H and O–H groups in total. The zero-order valence-corrected chi connectivity index (χ0v) is 11.7. The normalized spacial score (nSPS) is 20.5. The number of hydrogen-bond acceptors (Lipinski definition) is 4. The van der Waals surface area contributed by atoms with Gasteiger partial charge in [-0.2, -0.15) is 0 Å². The van der Waals surface area contributed by atoms with E-state index in [2.05, 4.69) is 33.3 Å². The van der Waals surface area contributed by atoms with Crippen LogP contribution in [-0.2, 0) is 0 Å². The molecule has 0 aliphatic carbocycles. The third kappa shape index (κ3) is 2.18. The second-order valence-electron chi connectivity index (χ2n) is 5.43. The number of rotatable bonds is 3. The van der Waals surface area contributed by atoms with E-state index < -0.39 is 0 Å². The zero-order chi connectivity index (χ0) is 13.4. The van der Waals surface area contributed by atoms with Crippen LogP contribution in [0.3, 0.4) is 0 Å². The van der Waals surface area contributed by atoms with Gasteiger partial charge in [-0.15, -0.1) is 10.2 Å². The van der Waals surface area contributed by atoms with Crippen molar-refractivity contribution >= 4 is 5.65 Å². The molecule has 0 saturated carbocycles. The summed E-state index contributed by atoms with van der Waals surface area (Å²) >= 11 is 0. The Labute approximate surface area is 113 Å². The predicted molar refractivity (Wildman–Crippen MR) is 73.6 cm³/mol. The van der Waals surface area contributed by atoms with Crippen molar-refractivity contribution in [2.24, 2.45) is 0 Å². The van der Waals surface area contributed by atoms with E-state index in [1.165, 1.54) is 0 Å². The lowest BCUT2D eigenvalue weighted by atomic mass is 10.1. The van der Waals surface area contributed by atoms with Gasteiger partial charge in [-0.1, -0.05) is 0 Å². The quantitative estimate of drug-likeness (QED) is 0.846. The lowest BCUT2D eigenvalue weighted by Crippen LogP contribution is -2.28. The molecule has 102 valence electrons. The van der Waals surface area contributed by atoms with Gasteiger partial charge in [-0.05, 0) is 32.9 Å². The van der Waals surface area contributed by atoms with Crippen molar-refractivity contribution in [1.29, 1.82) is 0 Å². The summed E-state index contributed by atoms with van der Waals surface area (Å²) in [6.07, 6.45) is 3.16. The highest BCUT2D eigenvalue weighted by Crippen LogP contribution is 2.28. The Morgan fingerprint density at radius 3 is 2.89 bits per heavy atom. The van der Waals surface area contributed by atoms with E-state index in [-0.39, 0.29) is 0 Å². The van der Waals surface area contributed by atoms with Gasteiger partial charge in [0.2, 0.25) is 0 Å². The monoisotopic (exact) mass is 260 g/mol. The van der Waals surface area contributed by atoms with Crippen LogP contribution in [0.4, 0.5) is 0 Å². The average Bonchev–Trinajstić information content (AvgIpc) is 3.03. The second kappa shape index (κ2) is 4.81. The average molecular weight is 260 g/mol. The van der Waals surface area contributed by atoms with Gasteiger partial charge in [0.25, 0.3) is 0 Å². The molecule has 19 heavy (non-hydrogen) atoms. The van der Waals surface area contributed by atoms with Crippen LogP contribution < -0.4 is 4.74 Å². The Morgan fingerprint density at radius 1 is 1.37 bits per heavy atom. The molecule has 1 fully saturated rings. The van der Waals surface area contributed by atoms with Gasteiger partial charge >= 0.3 is 0 Å². The van der Waals surface area contributed by atoms with Crippen molar-refractivity contribution in [1.82, 2.24) is 19.5 Å². The summed E-state index contributed by atoms with van der Waals surface area (Å²) in [6, 6.07) is 4.48. The number of fused-ring (bicyclic) bond motifs is 1. The minimum Gasteiger partial charge on any atom is -0.497 e. The van der Waals surface area contributed by atoms with Crippen LogP contribution >= 0.6 is 0 Å². The molecule has 5 nitrogen and oxygen atoms in total. The van der Waals surface area contributed by atoms with Gasteiger partial charge in [0.1, 0.15) is 11.6 Å². The number of aromatic nitrogens is 3. The van der Waals surface area contributed by atoms with E-state index in [1.54, 1.807) is 7.11 Å². The van der Waals surface area contributed by atoms with Crippen LogP contribution in [0.25, 0.3) is 5.65 Å². The molecule has 0 amide bonds. The smallest absolute Gasteiger partial charge is 0.164 e. The maximum Gasteiger partial charge on any atom is 0.164 e. The summed E-state index contributed by atoms with van der Waals surface area (Å²) in [7, 11) is 1.67. The highest BCUT2D eigenvalue weighted by atomic mass is 16.5. The summed E-state index contributed by atoms with van der Waals surface area (Å²) in [6.45, 7) is 6.71. The molecule has 3 heterocycles. The summed E-state index contributed by atoms with van der Waals surface area (Å²) < 4.78 is 7.30. The van der Waals surface area contributed by atoms with E-state index >= 15 is 0 Å². The molecule has 1 aliphatic rings. The van der Waals surface area contributed by atoms with Gasteiger partial charge < -0.3 is 9.64 Å². The summed E-state index contributed by atoms with van der Waals surface area (Å²) in [5.41, 5.74) is 0.859. The van der Waals surface area contributed by atoms with Gasteiger partial charge in [0, 0.05) is 30.8 Å². The Kier molecular flexibility index (Phi) is 3.14. The second-order valence-corrected chi connectivity index (χ2v) is 5.43. The topological polar surface area (TPSA) is 42.7 Å². The number of hydrogen-bond donors (Lipinski definition) is 0. The first-order chi connectivity index (χ1) is 9.19. The molecule has 0 aromatic carbocycles. The molecular formula is C14H20N4O. The lowest BCUT2D eigenvalue weighted by molar-refractivity contribution is 0.271. The standard InChI is InChI=1S/C14H20N4O/c1-10(2)17-6-4-11(9-17)14-16-15-13-8-12(19-3)5-7-18(13)14/h5,7-8,10-11H,4,6,9H2,1-3H3. The van der Waals surface area contributed by atoms with Crippen LogP contribution in [0.1, 0.15) is 32.0 Å². The van der Waals surface area contributed by atoms with Gasteiger partial charge in [-0.3, -0.25) is 4.40 Å².